The molecule has 0 spiro atoms. The van der Waals surface area contributed by atoms with Crippen LogP contribution in [0.2, 0.25) is 0 Å². The van der Waals surface area contributed by atoms with Crippen LogP contribution in [0.15, 0.2) is 42.5 Å². The second-order valence-electron chi connectivity index (χ2n) is 4.85. The molecule has 0 aliphatic carbocycles. The van der Waals surface area contributed by atoms with Crippen molar-refractivity contribution >= 4 is 5.82 Å². The highest BCUT2D eigenvalue weighted by atomic mass is 19.1. The maximum absolute atomic E-state index is 14.0. The van der Waals surface area contributed by atoms with Gasteiger partial charge in [0.05, 0.1) is 11.3 Å². The zero-order valence-electron chi connectivity index (χ0n) is 11.3. The summed E-state index contributed by atoms with van der Waals surface area (Å²) in [4.78, 5) is 0. The SMILES string of the molecule is Cc1cccc(-c2c(N)n[nH]c2-c2cc(F)ccc2F)c1. The number of aryl methyl sites for hydroxylation is 1. The van der Waals surface area contributed by atoms with Crippen molar-refractivity contribution in [3.63, 3.8) is 0 Å². The number of hydrogen-bond donors (Lipinski definition) is 2. The number of nitrogen functional groups attached to an aromatic ring is 1. The molecule has 0 saturated heterocycles. The average molecular weight is 285 g/mol. The summed E-state index contributed by atoms with van der Waals surface area (Å²) in [5, 5.41) is 6.63. The summed E-state index contributed by atoms with van der Waals surface area (Å²) in [6.07, 6.45) is 0. The highest BCUT2D eigenvalue weighted by molar-refractivity contribution is 5.88. The molecule has 106 valence electrons. The maximum Gasteiger partial charge on any atom is 0.153 e. The third-order valence-electron chi connectivity index (χ3n) is 3.30. The smallest absolute Gasteiger partial charge is 0.153 e. The molecule has 0 atom stereocenters. The van der Waals surface area contributed by atoms with Gasteiger partial charge in [0.2, 0.25) is 0 Å². The topological polar surface area (TPSA) is 54.7 Å². The van der Waals surface area contributed by atoms with Crippen molar-refractivity contribution in [2.45, 2.75) is 6.92 Å². The summed E-state index contributed by atoms with van der Waals surface area (Å²) < 4.78 is 27.4. The van der Waals surface area contributed by atoms with E-state index in [2.05, 4.69) is 10.2 Å². The van der Waals surface area contributed by atoms with Crippen molar-refractivity contribution in [3.05, 3.63) is 59.7 Å². The molecular formula is C16H13F2N3. The van der Waals surface area contributed by atoms with Gasteiger partial charge in [0.15, 0.2) is 5.82 Å². The lowest BCUT2D eigenvalue weighted by molar-refractivity contribution is 0.602. The first-order valence-corrected chi connectivity index (χ1v) is 6.42. The number of rotatable bonds is 2. The van der Waals surface area contributed by atoms with Crippen molar-refractivity contribution in [1.29, 1.82) is 0 Å². The van der Waals surface area contributed by atoms with Gasteiger partial charge in [-0.1, -0.05) is 29.8 Å². The van der Waals surface area contributed by atoms with Crippen LogP contribution in [-0.4, -0.2) is 10.2 Å². The Morgan fingerprint density at radius 1 is 1.10 bits per heavy atom. The molecule has 2 aromatic carbocycles. The second-order valence-corrected chi connectivity index (χ2v) is 4.85. The molecule has 3 rings (SSSR count). The first-order valence-electron chi connectivity index (χ1n) is 6.42. The van der Waals surface area contributed by atoms with E-state index >= 15 is 0 Å². The Morgan fingerprint density at radius 3 is 2.67 bits per heavy atom. The Hall–Kier alpha value is -2.69. The highest BCUT2D eigenvalue weighted by Crippen LogP contribution is 2.36. The van der Waals surface area contributed by atoms with Crippen LogP contribution >= 0.6 is 0 Å². The molecule has 1 heterocycles. The van der Waals surface area contributed by atoms with Crippen molar-refractivity contribution < 1.29 is 8.78 Å². The predicted octanol–water partition coefficient (Wildman–Crippen LogP) is 3.91. The van der Waals surface area contributed by atoms with Crippen molar-refractivity contribution in [2.75, 3.05) is 5.73 Å². The molecule has 0 unspecified atom stereocenters. The van der Waals surface area contributed by atoms with Crippen LogP contribution in [0.25, 0.3) is 22.4 Å². The van der Waals surface area contributed by atoms with Crippen LogP contribution in [0.5, 0.6) is 0 Å². The fourth-order valence-corrected chi connectivity index (χ4v) is 2.33. The zero-order chi connectivity index (χ0) is 15.0. The number of aromatic nitrogens is 2. The minimum atomic E-state index is -0.533. The molecule has 3 nitrogen and oxygen atoms in total. The van der Waals surface area contributed by atoms with E-state index in [1.807, 2.05) is 31.2 Å². The lowest BCUT2D eigenvalue weighted by Crippen LogP contribution is -1.91. The van der Waals surface area contributed by atoms with E-state index < -0.39 is 11.6 Å². The van der Waals surface area contributed by atoms with E-state index in [0.717, 1.165) is 29.3 Å². The summed E-state index contributed by atoms with van der Waals surface area (Å²) in [5.41, 5.74) is 8.79. The van der Waals surface area contributed by atoms with Crippen LogP contribution in [0.3, 0.4) is 0 Å². The van der Waals surface area contributed by atoms with Crippen LogP contribution in [-0.2, 0) is 0 Å². The third kappa shape index (κ3) is 2.38. The average Bonchev–Trinajstić information content (AvgIpc) is 2.83. The molecule has 0 radical (unpaired) electrons. The number of hydrogen-bond acceptors (Lipinski definition) is 2. The minimum Gasteiger partial charge on any atom is -0.382 e. The first kappa shape index (κ1) is 13.3. The number of nitrogens with two attached hydrogens (primary N) is 1. The summed E-state index contributed by atoms with van der Waals surface area (Å²) in [7, 11) is 0. The van der Waals surface area contributed by atoms with Crippen molar-refractivity contribution in [1.82, 2.24) is 10.2 Å². The van der Waals surface area contributed by atoms with E-state index in [9.17, 15) is 8.78 Å². The molecule has 3 aromatic rings. The van der Waals surface area contributed by atoms with E-state index in [-0.39, 0.29) is 11.4 Å². The Morgan fingerprint density at radius 2 is 1.90 bits per heavy atom. The molecule has 0 saturated carbocycles. The first-order chi connectivity index (χ1) is 10.1. The number of aromatic amines is 1. The Kier molecular flexibility index (Phi) is 3.17. The Labute approximate surface area is 120 Å². The van der Waals surface area contributed by atoms with Gasteiger partial charge >= 0.3 is 0 Å². The number of H-pyrrole nitrogens is 1. The number of nitrogens with zero attached hydrogens (tertiary/aromatic N) is 1. The molecule has 0 fully saturated rings. The van der Waals surface area contributed by atoms with Gasteiger partial charge in [0.1, 0.15) is 11.6 Å². The van der Waals surface area contributed by atoms with Gasteiger partial charge in [-0.05, 0) is 30.7 Å². The standard InChI is InChI=1S/C16H13F2N3/c1-9-3-2-4-10(7-9)14-15(20-21-16(14)19)12-8-11(17)5-6-13(12)18/h2-8H,1H3,(H3,19,20,21). The highest BCUT2D eigenvalue weighted by Gasteiger charge is 2.18. The lowest BCUT2D eigenvalue weighted by Gasteiger charge is -2.07. The fourth-order valence-electron chi connectivity index (χ4n) is 2.33. The van der Waals surface area contributed by atoms with E-state index in [1.54, 1.807) is 0 Å². The van der Waals surface area contributed by atoms with Crippen molar-refractivity contribution in [3.8, 4) is 22.4 Å². The molecule has 1 aromatic heterocycles. The van der Waals surface area contributed by atoms with Gasteiger partial charge in [0, 0.05) is 5.56 Å². The van der Waals surface area contributed by atoms with E-state index in [1.165, 1.54) is 0 Å². The third-order valence-corrected chi connectivity index (χ3v) is 3.30. The van der Waals surface area contributed by atoms with Crippen molar-refractivity contribution in [2.24, 2.45) is 0 Å². The maximum atomic E-state index is 14.0. The van der Waals surface area contributed by atoms with Gasteiger partial charge in [-0.15, -0.1) is 0 Å². The summed E-state index contributed by atoms with van der Waals surface area (Å²) in [5.74, 6) is -0.803. The predicted molar refractivity (Wildman–Crippen MR) is 78.5 cm³/mol. The normalized spacial score (nSPS) is 10.8. The number of halogens is 2. The quantitative estimate of drug-likeness (QED) is 0.750. The second kappa shape index (κ2) is 5.01. The Balaban J connectivity index is 2.24. The van der Waals surface area contributed by atoms with Gasteiger partial charge in [-0.25, -0.2) is 8.78 Å². The molecule has 5 heteroatoms. The minimum absolute atomic E-state index is 0.107. The van der Waals surface area contributed by atoms with E-state index in [0.29, 0.717) is 11.3 Å². The monoisotopic (exact) mass is 285 g/mol. The summed E-state index contributed by atoms with van der Waals surface area (Å²) in [6, 6.07) is 10.9. The summed E-state index contributed by atoms with van der Waals surface area (Å²) in [6.45, 7) is 1.95. The molecule has 0 aliphatic heterocycles. The number of anilines is 1. The Bertz CT molecular complexity index is 809. The molecule has 3 N–H and O–H groups in total. The van der Waals surface area contributed by atoms with Gasteiger partial charge in [-0.2, -0.15) is 5.10 Å². The van der Waals surface area contributed by atoms with Crippen LogP contribution in [0.1, 0.15) is 5.56 Å². The van der Waals surface area contributed by atoms with Gasteiger partial charge in [0.25, 0.3) is 0 Å². The van der Waals surface area contributed by atoms with Crippen LogP contribution in [0, 0.1) is 18.6 Å². The van der Waals surface area contributed by atoms with Gasteiger partial charge in [-0.3, -0.25) is 5.10 Å². The fraction of sp³-hybridized carbons (Fsp3) is 0.0625. The largest absolute Gasteiger partial charge is 0.382 e. The number of benzene rings is 2. The molecule has 0 amide bonds. The van der Waals surface area contributed by atoms with Crippen LogP contribution < -0.4 is 5.73 Å². The molecule has 0 bridgehead atoms. The molecule has 0 aliphatic rings. The lowest BCUT2D eigenvalue weighted by atomic mass is 9.99. The van der Waals surface area contributed by atoms with Gasteiger partial charge < -0.3 is 5.73 Å². The molecular weight excluding hydrogens is 272 g/mol. The zero-order valence-corrected chi connectivity index (χ0v) is 11.3. The summed E-state index contributed by atoms with van der Waals surface area (Å²) >= 11 is 0. The number of nitrogens with one attached hydrogen (secondary N) is 1. The van der Waals surface area contributed by atoms with E-state index in [4.69, 9.17) is 5.73 Å². The molecule has 21 heavy (non-hydrogen) atoms. The van der Waals surface area contributed by atoms with Crippen LogP contribution in [0.4, 0.5) is 14.6 Å².